The molecule has 3 aromatic rings. The molecule has 27 heavy (non-hydrogen) atoms. The first-order chi connectivity index (χ1) is 13.3. The Hall–Kier alpha value is -1.93. The molecule has 1 fully saturated rings. The van der Waals surface area contributed by atoms with Crippen molar-refractivity contribution in [1.29, 1.82) is 0 Å². The van der Waals surface area contributed by atoms with Crippen LogP contribution in [0, 0.1) is 0 Å². The zero-order valence-corrected chi connectivity index (χ0v) is 16.4. The highest BCUT2D eigenvalue weighted by atomic mass is 32.2. The first-order valence-electron chi connectivity index (χ1n) is 8.79. The fourth-order valence-electron chi connectivity index (χ4n) is 2.94. The first-order valence-corrected chi connectivity index (χ1v) is 10.6. The van der Waals surface area contributed by atoms with Gasteiger partial charge in [-0.2, -0.15) is 0 Å². The van der Waals surface area contributed by atoms with Crippen molar-refractivity contribution in [2.75, 3.05) is 19.2 Å². The minimum Gasteiger partial charge on any atom is -0.355 e. The number of thioether (sulfide) groups is 1. The van der Waals surface area contributed by atoms with Crippen molar-refractivity contribution < 1.29 is 9.47 Å². The van der Waals surface area contributed by atoms with Crippen molar-refractivity contribution >= 4 is 33.3 Å². The molecule has 0 bridgehead atoms. The van der Waals surface area contributed by atoms with Gasteiger partial charge in [-0.3, -0.25) is 9.36 Å². The topological polar surface area (TPSA) is 53.4 Å². The Morgan fingerprint density at radius 3 is 2.96 bits per heavy atom. The summed E-state index contributed by atoms with van der Waals surface area (Å²) in [6, 6.07) is 12.0. The lowest BCUT2D eigenvalue weighted by molar-refractivity contribution is -0.130. The SMILES string of the molecule is C=CCn1c(SC[C@H]2CCOCO2)nc2sc(-c3ccccc3)cc2c1=O. The molecule has 0 spiro atoms. The molecule has 1 aromatic carbocycles. The number of ether oxygens (including phenoxy) is 2. The number of thiophene rings is 1. The second-order valence-corrected chi connectivity index (χ2v) is 8.23. The maximum atomic E-state index is 13.1. The van der Waals surface area contributed by atoms with Crippen LogP contribution in [0.3, 0.4) is 0 Å². The van der Waals surface area contributed by atoms with Gasteiger partial charge in [-0.1, -0.05) is 48.2 Å². The first kappa shape index (κ1) is 18.4. The minimum absolute atomic E-state index is 0.0197. The van der Waals surface area contributed by atoms with Gasteiger partial charge < -0.3 is 9.47 Å². The lowest BCUT2D eigenvalue weighted by Gasteiger charge is -2.22. The Kier molecular flexibility index (Phi) is 5.73. The molecule has 4 rings (SSSR count). The van der Waals surface area contributed by atoms with Gasteiger partial charge in [0.2, 0.25) is 0 Å². The quantitative estimate of drug-likeness (QED) is 0.353. The Morgan fingerprint density at radius 2 is 2.22 bits per heavy atom. The minimum atomic E-state index is -0.0197. The third kappa shape index (κ3) is 4.01. The van der Waals surface area contributed by atoms with Crippen molar-refractivity contribution in [3.05, 3.63) is 59.4 Å². The number of rotatable bonds is 6. The van der Waals surface area contributed by atoms with Crippen molar-refractivity contribution in [3.63, 3.8) is 0 Å². The van der Waals surface area contributed by atoms with Crippen LogP contribution in [0.2, 0.25) is 0 Å². The molecule has 0 N–H and O–H groups in total. The maximum absolute atomic E-state index is 13.1. The van der Waals surface area contributed by atoms with E-state index in [4.69, 9.17) is 14.5 Å². The normalized spacial score (nSPS) is 17.3. The predicted octanol–water partition coefficient (Wildman–Crippen LogP) is 4.17. The van der Waals surface area contributed by atoms with E-state index < -0.39 is 0 Å². The average molecular weight is 401 g/mol. The molecule has 0 radical (unpaired) electrons. The molecule has 0 amide bonds. The van der Waals surface area contributed by atoms with Crippen LogP contribution in [-0.2, 0) is 16.0 Å². The van der Waals surface area contributed by atoms with E-state index in [1.165, 1.54) is 0 Å². The van der Waals surface area contributed by atoms with Crippen LogP contribution >= 0.6 is 23.1 Å². The van der Waals surface area contributed by atoms with Crippen LogP contribution in [0.5, 0.6) is 0 Å². The van der Waals surface area contributed by atoms with Crippen molar-refractivity contribution in [1.82, 2.24) is 9.55 Å². The lowest BCUT2D eigenvalue weighted by atomic mass is 10.2. The summed E-state index contributed by atoms with van der Waals surface area (Å²) in [5, 5.41) is 1.37. The van der Waals surface area contributed by atoms with Gasteiger partial charge in [0.15, 0.2) is 5.16 Å². The highest BCUT2D eigenvalue weighted by Gasteiger charge is 2.18. The third-order valence-electron chi connectivity index (χ3n) is 4.36. The van der Waals surface area contributed by atoms with Gasteiger partial charge in [0.05, 0.1) is 18.1 Å². The summed E-state index contributed by atoms with van der Waals surface area (Å²) < 4.78 is 12.5. The number of aromatic nitrogens is 2. The summed E-state index contributed by atoms with van der Waals surface area (Å²) >= 11 is 3.11. The van der Waals surface area contributed by atoms with E-state index in [0.717, 1.165) is 27.4 Å². The Morgan fingerprint density at radius 1 is 1.37 bits per heavy atom. The molecule has 2 aromatic heterocycles. The van der Waals surface area contributed by atoms with E-state index in [-0.39, 0.29) is 11.7 Å². The number of allylic oxidation sites excluding steroid dienone is 1. The van der Waals surface area contributed by atoms with Gasteiger partial charge in [-0.25, -0.2) is 4.98 Å². The monoisotopic (exact) mass is 400 g/mol. The molecule has 1 saturated heterocycles. The Labute approximate surface area is 165 Å². The molecule has 0 saturated carbocycles. The van der Waals surface area contributed by atoms with Gasteiger partial charge in [-0.05, 0) is 18.1 Å². The fraction of sp³-hybridized carbons (Fsp3) is 0.300. The summed E-state index contributed by atoms with van der Waals surface area (Å²) in [4.78, 5) is 19.7. The van der Waals surface area contributed by atoms with E-state index in [2.05, 4.69) is 6.58 Å². The summed E-state index contributed by atoms with van der Waals surface area (Å²) in [6.07, 6.45) is 2.71. The van der Waals surface area contributed by atoms with E-state index in [0.29, 0.717) is 30.5 Å². The summed E-state index contributed by atoms with van der Waals surface area (Å²) in [7, 11) is 0. The molecular weight excluding hydrogens is 380 g/mol. The van der Waals surface area contributed by atoms with Crippen molar-refractivity contribution in [3.8, 4) is 10.4 Å². The molecule has 0 unspecified atom stereocenters. The van der Waals surface area contributed by atoms with Crippen LogP contribution in [-0.4, -0.2) is 34.8 Å². The van der Waals surface area contributed by atoms with Crippen molar-refractivity contribution in [2.24, 2.45) is 0 Å². The van der Waals surface area contributed by atoms with Crippen molar-refractivity contribution in [2.45, 2.75) is 24.2 Å². The molecule has 7 heteroatoms. The van der Waals surface area contributed by atoms with Gasteiger partial charge in [0.25, 0.3) is 5.56 Å². The van der Waals surface area contributed by atoms with E-state index in [1.54, 1.807) is 33.7 Å². The van der Waals surface area contributed by atoms with Gasteiger partial charge in [0, 0.05) is 17.2 Å². The van der Waals surface area contributed by atoms with E-state index >= 15 is 0 Å². The van der Waals surface area contributed by atoms with Gasteiger partial charge in [0.1, 0.15) is 11.6 Å². The molecule has 5 nitrogen and oxygen atoms in total. The summed E-state index contributed by atoms with van der Waals surface area (Å²) in [5.74, 6) is 0.745. The van der Waals surface area contributed by atoms with Crippen LogP contribution in [0.25, 0.3) is 20.7 Å². The zero-order valence-electron chi connectivity index (χ0n) is 14.8. The highest BCUT2D eigenvalue weighted by molar-refractivity contribution is 7.99. The highest BCUT2D eigenvalue weighted by Crippen LogP contribution is 2.32. The molecular formula is C20H20N2O3S2. The zero-order chi connectivity index (χ0) is 18.6. The molecule has 3 heterocycles. The number of nitrogens with zero attached hydrogens (tertiary/aromatic N) is 2. The summed E-state index contributed by atoms with van der Waals surface area (Å²) in [5.41, 5.74) is 1.08. The van der Waals surface area contributed by atoms with Crippen LogP contribution in [0.1, 0.15) is 6.42 Å². The maximum Gasteiger partial charge on any atom is 0.263 e. The number of hydrogen-bond donors (Lipinski definition) is 0. The number of hydrogen-bond acceptors (Lipinski definition) is 6. The molecule has 140 valence electrons. The average Bonchev–Trinajstić information content (AvgIpc) is 3.15. The Balaban J connectivity index is 1.70. The molecule has 1 atom stereocenters. The lowest BCUT2D eigenvalue weighted by Crippen LogP contribution is -2.27. The summed E-state index contributed by atoms with van der Waals surface area (Å²) in [6.45, 7) is 5.27. The Bertz CT molecular complexity index is 992. The van der Waals surface area contributed by atoms with Crippen LogP contribution in [0.15, 0.2) is 59.0 Å². The van der Waals surface area contributed by atoms with Gasteiger partial charge in [-0.15, -0.1) is 17.9 Å². The largest absolute Gasteiger partial charge is 0.355 e. The predicted molar refractivity (Wildman–Crippen MR) is 111 cm³/mol. The number of fused-ring (bicyclic) bond motifs is 1. The second kappa shape index (κ2) is 8.39. The third-order valence-corrected chi connectivity index (χ3v) is 6.54. The molecule has 1 aliphatic heterocycles. The number of benzene rings is 1. The fourth-order valence-corrected chi connectivity index (χ4v) is 5.09. The smallest absolute Gasteiger partial charge is 0.263 e. The van der Waals surface area contributed by atoms with Gasteiger partial charge >= 0.3 is 0 Å². The van der Waals surface area contributed by atoms with E-state index in [9.17, 15) is 4.79 Å². The van der Waals surface area contributed by atoms with Crippen LogP contribution < -0.4 is 5.56 Å². The second-order valence-electron chi connectivity index (χ2n) is 6.21. The van der Waals surface area contributed by atoms with E-state index in [1.807, 2.05) is 36.4 Å². The standard InChI is InChI=1S/C20H20N2O3S2/c1-2-9-22-19(23)16-11-17(14-6-4-3-5-7-14)27-18(16)21-20(22)26-12-15-8-10-24-13-25-15/h2-7,11,15H,1,8-10,12-13H2/t15-/m1/s1. The molecule has 1 aliphatic rings. The molecule has 0 aliphatic carbocycles. The van der Waals surface area contributed by atoms with Crippen LogP contribution in [0.4, 0.5) is 0 Å².